The molecule has 21 heavy (non-hydrogen) atoms. The zero-order valence-corrected chi connectivity index (χ0v) is 12.8. The number of amides is 2. The van der Waals surface area contributed by atoms with Crippen LogP contribution in [0.4, 0.5) is 0 Å². The number of benzene rings is 1. The Bertz CT molecular complexity index is 667. The minimum Gasteiger partial charge on any atom is -0.355 e. The Labute approximate surface area is 124 Å². The lowest BCUT2D eigenvalue weighted by Crippen LogP contribution is -2.40. The molecule has 0 saturated heterocycles. The van der Waals surface area contributed by atoms with Crippen molar-refractivity contribution in [2.75, 3.05) is 13.1 Å². The van der Waals surface area contributed by atoms with Crippen LogP contribution < -0.4 is 5.32 Å². The molecular weight excluding hydrogens is 292 g/mol. The van der Waals surface area contributed by atoms with E-state index in [1.807, 2.05) is 13.8 Å². The highest BCUT2D eigenvalue weighted by Crippen LogP contribution is 2.29. The fourth-order valence-electron chi connectivity index (χ4n) is 2.07. The van der Waals surface area contributed by atoms with E-state index in [-0.39, 0.29) is 10.5 Å². The van der Waals surface area contributed by atoms with E-state index in [0.717, 1.165) is 6.42 Å². The van der Waals surface area contributed by atoms with E-state index >= 15 is 0 Å². The number of carbonyl (C=O) groups excluding carboxylic acids is 2. The van der Waals surface area contributed by atoms with Crippen LogP contribution in [0, 0.1) is 5.92 Å². The molecule has 1 heterocycles. The third-order valence-electron chi connectivity index (χ3n) is 3.24. The lowest BCUT2D eigenvalue weighted by Gasteiger charge is -2.15. The molecule has 2 amide bonds. The second-order valence-corrected chi connectivity index (χ2v) is 7.18. The van der Waals surface area contributed by atoms with Crippen molar-refractivity contribution in [1.82, 2.24) is 9.62 Å². The number of hydrogen-bond donors (Lipinski definition) is 1. The molecule has 0 saturated carbocycles. The summed E-state index contributed by atoms with van der Waals surface area (Å²) in [6.07, 6.45) is 0.798. The van der Waals surface area contributed by atoms with Gasteiger partial charge in [-0.15, -0.1) is 0 Å². The van der Waals surface area contributed by atoms with Crippen molar-refractivity contribution in [2.45, 2.75) is 25.2 Å². The summed E-state index contributed by atoms with van der Waals surface area (Å²) in [5.41, 5.74) is 0.118. The molecule has 0 bridgehead atoms. The maximum atomic E-state index is 12.2. The Balaban J connectivity index is 2.09. The average Bonchev–Trinajstić information content (AvgIpc) is 2.60. The summed E-state index contributed by atoms with van der Waals surface area (Å²) in [6, 6.07) is 5.97. The first-order valence-corrected chi connectivity index (χ1v) is 8.21. The van der Waals surface area contributed by atoms with E-state index in [1.165, 1.54) is 12.1 Å². The molecule has 1 aliphatic heterocycles. The first-order valence-electron chi connectivity index (χ1n) is 6.77. The van der Waals surface area contributed by atoms with E-state index in [1.54, 1.807) is 12.1 Å². The fourth-order valence-corrected chi connectivity index (χ4v) is 3.60. The molecule has 0 spiro atoms. The van der Waals surface area contributed by atoms with Crippen LogP contribution in [0.1, 0.15) is 30.6 Å². The molecule has 1 aromatic rings. The third kappa shape index (κ3) is 3.07. The van der Waals surface area contributed by atoms with Gasteiger partial charge in [0.15, 0.2) is 0 Å². The molecule has 1 aliphatic rings. The summed E-state index contributed by atoms with van der Waals surface area (Å²) >= 11 is 0. The third-order valence-corrected chi connectivity index (χ3v) is 5.03. The van der Waals surface area contributed by atoms with Crippen LogP contribution in [0.15, 0.2) is 29.2 Å². The van der Waals surface area contributed by atoms with Crippen molar-refractivity contribution in [1.29, 1.82) is 0 Å². The second kappa shape index (κ2) is 5.85. The van der Waals surface area contributed by atoms with Crippen molar-refractivity contribution in [3.63, 3.8) is 0 Å². The van der Waals surface area contributed by atoms with Gasteiger partial charge in [-0.2, -0.15) is 0 Å². The van der Waals surface area contributed by atoms with Gasteiger partial charge in [-0.25, -0.2) is 12.7 Å². The van der Waals surface area contributed by atoms with Crippen molar-refractivity contribution in [3.8, 4) is 0 Å². The predicted octanol–water partition coefficient (Wildman–Crippen LogP) is 0.993. The van der Waals surface area contributed by atoms with Gasteiger partial charge in [0.05, 0.1) is 5.56 Å². The monoisotopic (exact) mass is 310 g/mol. The Morgan fingerprint density at radius 2 is 1.95 bits per heavy atom. The summed E-state index contributed by atoms with van der Waals surface area (Å²) < 4.78 is 25.1. The van der Waals surface area contributed by atoms with Crippen LogP contribution in [0.25, 0.3) is 0 Å². The summed E-state index contributed by atoms with van der Waals surface area (Å²) in [5.74, 6) is -0.684. The Morgan fingerprint density at radius 1 is 1.29 bits per heavy atom. The molecule has 7 heteroatoms. The number of hydrogen-bond acceptors (Lipinski definition) is 4. The number of carbonyl (C=O) groups is 2. The lowest BCUT2D eigenvalue weighted by atomic mass is 10.1. The first kappa shape index (κ1) is 15.5. The van der Waals surface area contributed by atoms with E-state index in [4.69, 9.17) is 0 Å². The highest BCUT2D eigenvalue weighted by atomic mass is 32.2. The van der Waals surface area contributed by atoms with E-state index in [0.29, 0.717) is 16.8 Å². The van der Waals surface area contributed by atoms with Gasteiger partial charge in [0.25, 0.3) is 15.9 Å². The predicted molar refractivity (Wildman–Crippen MR) is 77.1 cm³/mol. The van der Waals surface area contributed by atoms with E-state index < -0.39 is 28.4 Å². The first-order chi connectivity index (χ1) is 9.84. The molecule has 0 fully saturated rings. The fraction of sp³-hybridized carbons (Fsp3) is 0.429. The summed E-state index contributed by atoms with van der Waals surface area (Å²) in [7, 11) is -3.91. The molecule has 0 aromatic heterocycles. The maximum Gasteiger partial charge on any atom is 0.269 e. The Morgan fingerprint density at radius 3 is 2.57 bits per heavy atom. The summed E-state index contributed by atoms with van der Waals surface area (Å²) in [4.78, 5) is 23.9. The van der Waals surface area contributed by atoms with Gasteiger partial charge >= 0.3 is 0 Å². The topological polar surface area (TPSA) is 83.6 Å². The highest BCUT2D eigenvalue weighted by Gasteiger charge is 2.41. The largest absolute Gasteiger partial charge is 0.355 e. The van der Waals surface area contributed by atoms with Crippen LogP contribution >= 0.6 is 0 Å². The second-order valence-electron chi connectivity index (χ2n) is 5.35. The standard InChI is InChI=1S/C14H18N2O4S/c1-10(2)7-8-15-13(17)9-16-14(18)11-5-3-4-6-12(11)21(16,19)20/h3-6,10H,7-9H2,1-2H3,(H,15,17). The van der Waals surface area contributed by atoms with Gasteiger partial charge < -0.3 is 5.32 Å². The van der Waals surface area contributed by atoms with Crippen molar-refractivity contribution < 1.29 is 18.0 Å². The van der Waals surface area contributed by atoms with Gasteiger partial charge in [-0.05, 0) is 24.5 Å². The number of fused-ring (bicyclic) bond motifs is 1. The van der Waals surface area contributed by atoms with E-state index in [9.17, 15) is 18.0 Å². The highest BCUT2D eigenvalue weighted by molar-refractivity contribution is 7.90. The van der Waals surface area contributed by atoms with Crippen LogP contribution in [0.2, 0.25) is 0 Å². The minimum absolute atomic E-state index is 0.0371. The van der Waals surface area contributed by atoms with Crippen LogP contribution in [0.5, 0.6) is 0 Å². The number of sulfonamides is 1. The molecular formula is C14H18N2O4S. The maximum absolute atomic E-state index is 12.2. The zero-order valence-electron chi connectivity index (χ0n) is 12.0. The minimum atomic E-state index is -3.91. The normalized spacial score (nSPS) is 16.1. The number of nitrogens with one attached hydrogen (secondary N) is 1. The van der Waals surface area contributed by atoms with Gasteiger partial charge in [0.2, 0.25) is 5.91 Å². The van der Waals surface area contributed by atoms with Gasteiger partial charge in [0, 0.05) is 6.54 Å². The Kier molecular flexibility index (Phi) is 4.32. The summed E-state index contributed by atoms with van der Waals surface area (Å²) in [5, 5.41) is 2.63. The molecule has 2 rings (SSSR count). The van der Waals surface area contributed by atoms with Crippen molar-refractivity contribution >= 4 is 21.8 Å². The number of nitrogens with zero attached hydrogens (tertiary/aromatic N) is 1. The molecule has 6 nitrogen and oxygen atoms in total. The quantitative estimate of drug-likeness (QED) is 0.879. The average molecular weight is 310 g/mol. The van der Waals surface area contributed by atoms with E-state index in [2.05, 4.69) is 5.32 Å². The molecule has 0 radical (unpaired) electrons. The molecule has 0 unspecified atom stereocenters. The molecule has 114 valence electrons. The van der Waals surface area contributed by atoms with Crippen LogP contribution in [-0.4, -0.2) is 37.6 Å². The van der Waals surface area contributed by atoms with Gasteiger partial charge in [0.1, 0.15) is 11.4 Å². The van der Waals surface area contributed by atoms with Gasteiger partial charge in [-0.1, -0.05) is 26.0 Å². The molecule has 1 aromatic carbocycles. The molecule has 0 atom stereocenters. The van der Waals surface area contributed by atoms with Crippen LogP contribution in [0.3, 0.4) is 0 Å². The smallest absolute Gasteiger partial charge is 0.269 e. The Hall–Kier alpha value is -1.89. The van der Waals surface area contributed by atoms with Gasteiger partial charge in [-0.3, -0.25) is 9.59 Å². The lowest BCUT2D eigenvalue weighted by molar-refractivity contribution is -0.121. The SMILES string of the molecule is CC(C)CCNC(=O)CN1C(=O)c2ccccc2S1(=O)=O. The van der Waals surface area contributed by atoms with Crippen molar-refractivity contribution in [2.24, 2.45) is 5.92 Å². The molecule has 0 aliphatic carbocycles. The number of rotatable bonds is 5. The van der Waals surface area contributed by atoms with Crippen LogP contribution in [-0.2, 0) is 14.8 Å². The molecule has 1 N–H and O–H groups in total. The zero-order chi connectivity index (χ0) is 15.6. The van der Waals surface area contributed by atoms with Crippen molar-refractivity contribution in [3.05, 3.63) is 29.8 Å². The summed E-state index contributed by atoms with van der Waals surface area (Å²) in [6.45, 7) is 4.04.